The maximum atomic E-state index is 5.86. The number of hydrogen-bond donors (Lipinski definition) is 2. The average Bonchev–Trinajstić information content (AvgIpc) is 2.81. The molecule has 0 atom stereocenters. The zero-order chi connectivity index (χ0) is 13.9. The van der Waals surface area contributed by atoms with Crippen molar-refractivity contribution in [2.24, 2.45) is 0 Å². The molecule has 0 saturated carbocycles. The Balaban J connectivity index is 2.07. The highest BCUT2D eigenvalue weighted by Gasteiger charge is 2.15. The van der Waals surface area contributed by atoms with Gasteiger partial charge in [-0.05, 0) is 32.9 Å². The van der Waals surface area contributed by atoms with Crippen LogP contribution >= 0.6 is 11.3 Å². The van der Waals surface area contributed by atoms with Crippen molar-refractivity contribution in [3.63, 3.8) is 0 Å². The van der Waals surface area contributed by atoms with Crippen LogP contribution in [0.1, 0.15) is 25.6 Å². The first-order valence-corrected chi connectivity index (χ1v) is 6.89. The molecule has 0 aliphatic heterocycles. The molecule has 102 valence electrons. The SMILES string of the molecule is CC(C)(C)Oc1nc(NCc2cncs2)ccc1N. The molecule has 0 aromatic carbocycles. The molecule has 2 aromatic rings. The standard InChI is InChI=1S/C13H18N4OS/c1-13(2,3)18-12-10(14)4-5-11(17-12)16-7-9-6-15-8-19-9/h4-6,8H,7,14H2,1-3H3,(H,16,17). The summed E-state index contributed by atoms with van der Waals surface area (Å²) in [5.74, 6) is 1.20. The largest absolute Gasteiger partial charge is 0.470 e. The van der Waals surface area contributed by atoms with Crippen LogP contribution in [0.5, 0.6) is 5.88 Å². The third-order valence-corrected chi connectivity index (χ3v) is 3.00. The number of thiazole rings is 1. The number of anilines is 2. The molecule has 2 rings (SSSR count). The fraction of sp³-hybridized carbons (Fsp3) is 0.385. The van der Waals surface area contributed by atoms with E-state index < -0.39 is 0 Å². The van der Waals surface area contributed by atoms with Crippen molar-refractivity contribution in [3.8, 4) is 5.88 Å². The molecule has 0 aliphatic carbocycles. The molecule has 0 unspecified atom stereocenters. The summed E-state index contributed by atoms with van der Waals surface area (Å²) in [5.41, 5.74) is 7.89. The minimum atomic E-state index is -0.322. The van der Waals surface area contributed by atoms with E-state index in [4.69, 9.17) is 10.5 Å². The van der Waals surface area contributed by atoms with Gasteiger partial charge in [0.2, 0.25) is 5.88 Å². The third-order valence-electron chi connectivity index (χ3n) is 2.22. The number of nitrogens with zero attached hydrogens (tertiary/aromatic N) is 2. The Morgan fingerprint density at radius 2 is 2.16 bits per heavy atom. The van der Waals surface area contributed by atoms with Gasteiger partial charge in [-0.3, -0.25) is 4.98 Å². The topological polar surface area (TPSA) is 73.1 Å². The van der Waals surface area contributed by atoms with Crippen molar-refractivity contribution >= 4 is 22.8 Å². The molecule has 5 nitrogen and oxygen atoms in total. The second-order valence-corrected chi connectivity index (χ2v) is 6.10. The number of nitrogens with one attached hydrogen (secondary N) is 1. The van der Waals surface area contributed by atoms with Crippen molar-refractivity contribution in [1.29, 1.82) is 0 Å². The van der Waals surface area contributed by atoms with Crippen LogP contribution in [-0.4, -0.2) is 15.6 Å². The fourth-order valence-corrected chi connectivity index (χ4v) is 1.96. The van der Waals surface area contributed by atoms with Gasteiger partial charge in [-0.25, -0.2) is 0 Å². The van der Waals surface area contributed by atoms with E-state index in [1.165, 1.54) is 0 Å². The van der Waals surface area contributed by atoms with Crippen LogP contribution in [0, 0.1) is 0 Å². The molecule has 0 fully saturated rings. The van der Waals surface area contributed by atoms with Gasteiger partial charge in [0.15, 0.2) is 0 Å². The van der Waals surface area contributed by atoms with Crippen LogP contribution in [0.25, 0.3) is 0 Å². The van der Waals surface area contributed by atoms with Gasteiger partial charge >= 0.3 is 0 Å². The van der Waals surface area contributed by atoms with Gasteiger partial charge < -0.3 is 15.8 Å². The number of hydrogen-bond acceptors (Lipinski definition) is 6. The first kappa shape index (κ1) is 13.6. The molecule has 0 aliphatic rings. The van der Waals surface area contributed by atoms with Crippen LogP contribution in [0.2, 0.25) is 0 Å². The zero-order valence-corrected chi connectivity index (χ0v) is 12.1. The highest BCUT2D eigenvalue weighted by molar-refractivity contribution is 7.09. The van der Waals surface area contributed by atoms with Crippen molar-refractivity contribution in [2.75, 3.05) is 11.1 Å². The third kappa shape index (κ3) is 4.10. The van der Waals surface area contributed by atoms with Crippen molar-refractivity contribution < 1.29 is 4.74 Å². The number of aromatic nitrogens is 2. The van der Waals surface area contributed by atoms with Gasteiger partial charge in [-0.15, -0.1) is 11.3 Å². The molecule has 2 aromatic heterocycles. The van der Waals surface area contributed by atoms with E-state index >= 15 is 0 Å². The van der Waals surface area contributed by atoms with Gasteiger partial charge in [0.05, 0.1) is 17.7 Å². The van der Waals surface area contributed by atoms with E-state index in [1.807, 2.05) is 38.5 Å². The first-order valence-electron chi connectivity index (χ1n) is 6.01. The zero-order valence-electron chi connectivity index (χ0n) is 11.3. The summed E-state index contributed by atoms with van der Waals surface area (Å²) in [6.07, 6.45) is 1.83. The predicted molar refractivity (Wildman–Crippen MR) is 78.5 cm³/mol. The maximum Gasteiger partial charge on any atom is 0.239 e. The molecule has 19 heavy (non-hydrogen) atoms. The lowest BCUT2D eigenvalue weighted by molar-refractivity contribution is 0.125. The minimum absolute atomic E-state index is 0.322. The summed E-state index contributed by atoms with van der Waals surface area (Å²) < 4.78 is 5.72. The van der Waals surface area contributed by atoms with E-state index in [-0.39, 0.29) is 5.60 Å². The number of nitrogens with two attached hydrogens (primary N) is 1. The number of pyridine rings is 1. The Hall–Kier alpha value is -1.82. The van der Waals surface area contributed by atoms with Gasteiger partial charge in [0, 0.05) is 11.1 Å². The maximum absolute atomic E-state index is 5.86. The van der Waals surface area contributed by atoms with Crippen LogP contribution in [0.3, 0.4) is 0 Å². The monoisotopic (exact) mass is 278 g/mol. The van der Waals surface area contributed by atoms with Gasteiger partial charge in [-0.2, -0.15) is 4.98 Å². The summed E-state index contributed by atoms with van der Waals surface area (Å²) in [7, 11) is 0. The van der Waals surface area contributed by atoms with Crippen molar-refractivity contribution in [1.82, 2.24) is 9.97 Å². The smallest absolute Gasteiger partial charge is 0.239 e. The minimum Gasteiger partial charge on any atom is -0.470 e. The predicted octanol–water partition coefficient (Wildman–Crippen LogP) is 2.91. The number of rotatable bonds is 4. The lowest BCUT2D eigenvalue weighted by atomic mass is 10.2. The van der Waals surface area contributed by atoms with Crippen LogP contribution in [0.15, 0.2) is 23.8 Å². The fourth-order valence-electron chi connectivity index (χ4n) is 1.43. The van der Waals surface area contributed by atoms with Crippen LogP contribution < -0.4 is 15.8 Å². The van der Waals surface area contributed by atoms with Crippen LogP contribution in [0.4, 0.5) is 11.5 Å². The lowest BCUT2D eigenvalue weighted by Gasteiger charge is -2.21. The van der Waals surface area contributed by atoms with Gasteiger partial charge in [0.25, 0.3) is 0 Å². The Bertz CT molecular complexity index is 534. The van der Waals surface area contributed by atoms with E-state index in [9.17, 15) is 0 Å². The molecule has 2 heterocycles. The molecule has 0 radical (unpaired) electrons. The van der Waals surface area contributed by atoms with E-state index in [2.05, 4.69) is 15.3 Å². The summed E-state index contributed by atoms with van der Waals surface area (Å²) in [6.45, 7) is 6.58. The van der Waals surface area contributed by atoms with E-state index in [0.717, 1.165) is 10.7 Å². The molecule has 0 bridgehead atoms. The van der Waals surface area contributed by atoms with E-state index in [1.54, 1.807) is 17.4 Å². The van der Waals surface area contributed by atoms with Crippen LogP contribution in [-0.2, 0) is 6.54 Å². The molecule has 0 saturated heterocycles. The first-order chi connectivity index (χ1) is 8.94. The summed E-state index contributed by atoms with van der Waals surface area (Å²) in [4.78, 5) is 9.56. The average molecular weight is 278 g/mol. The molecule has 6 heteroatoms. The lowest BCUT2D eigenvalue weighted by Crippen LogP contribution is -2.24. The molecular weight excluding hydrogens is 260 g/mol. The van der Waals surface area contributed by atoms with Gasteiger partial charge in [-0.1, -0.05) is 0 Å². The molecule has 3 N–H and O–H groups in total. The molecule has 0 amide bonds. The summed E-state index contributed by atoms with van der Waals surface area (Å²) in [6, 6.07) is 3.63. The normalized spacial score (nSPS) is 11.3. The highest BCUT2D eigenvalue weighted by Crippen LogP contribution is 2.25. The Kier molecular flexibility index (Phi) is 3.90. The summed E-state index contributed by atoms with van der Waals surface area (Å²) in [5, 5.41) is 3.22. The quantitative estimate of drug-likeness (QED) is 0.899. The van der Waals surface area contributed by atoms with Crippen molar-refractivity contribution in [3.05, 3.63) is 28.7 Å². The van der Waals surface area contributed by atoms with Gasteiger partial charge in [0.1, 0.15) is 11.4 Å². The summed E-state index contributed by atoms with van der Waals surface area (Å²) >= 11 is 1.60. The Morgan fingerprint density at radius 1 is 1.37 bits per heavy atom. The van der Waals surface area contributed by atoms with E-state index in [0.29, 0.717) is 18.1 Å². The Labute approximate surface area is 116 Å². The molecule has 0 spiro atoms. The number of nitrogen functional groups attached to an aromatic ring is 1. The van der Waals surface area contributed by atoms with Crippen molar-refractivity contribution in [2.45, 2.75) is 32.9 Å². The Morgan fingerprint density at radius 3 is 2.79 bits per heavy atom. The second kappa shape index (κ2) is 5.44. The highest BCUT2D eigenvalue weighted by atomic mass is 32.1. The number of ether oxygens (including phenoxy) is 1. The second-order valence-electron chi connectivity index (χ2n) is 5.13. The molecular formula is C13H18N4OS.